The highest BCUT2D eigenvalue weighted by atomic mass is 16.5. The molecule has 1 aliphatic heterocycles. The number of benzene rings is 2. The van der Waals surface area contributed by atoms with Crippen LogP contribution in [0.3, 0.4) is 0 Å². The van der Waals surface area contributed by atoms with Crippen molar-refractivity contribution in [3.05, 3.63) is 53.3 Å². The molecule has 1 aromatic heterocycles. The van der Waals surface area contributed by atoms with Gasteiger partial charge in [0.1, 0.15) is 11.6 Å². The Morgan fingerprint density at radius 3 is 2.49 bits per heavy atom. The Balaban J connectivity index is 1.58. The highest BCUT2D eigenvalue weighted by Gasteiger charge is 2.33. The number of aryl methyl sites for hydroxylation is 1. The van der Waals surface area contributed by atoms with Gasteiger partial charge in [0.15, 0.2) is 0 Å². The predicted octanol–water partition coefficient (Wildman–Crippen LogP) is 5.21. The van der Waals surface area contributed by atoms with Gasteiger partial charge < -0.3 is 19.1 Å². The molecular formula is C28H30N4O5. The Bertz CT molecular complexity index is 1370. The summed E-state index contributed by atoms with van der Waals surface area (Å²) in [7, 11) is 1.40. The van der Waals surface area contributed by atoms with Crippen LogP contribution in [0.5, 0.6) is 5.75 Å². The minimum atomic E-state index is -0.722. The van der Waals surface area contributed by atoms with Gasteiger partial charge in [0.05, 0.1) is 29.7 Å². The molecule has 0 saturated heterocycles. The van der Waals surface area contributed by atoms with Crippen LogP contribution in [0.1, 0.15) is 62.0 Å². The highest BCUT2D eigenvalue weighted by Crippen LogP contribution is 2.40. The minimum Gasteiger partial charge on any atom is -0.481 e. The molecule has 192 valence electrons. The number of amides is 1. The molecule has 37 heavy (non-hydrogen) atoms. The molecule has 0 unspecified atom stereocenters. The van der Waals surface area contributed by atoms with E-state index in [0.29, 0.717) is 25.0 Å². The lowest BCUT2D eigenvalue weighted by molar-refractivity contribution is -0.143. The number of anilines is 1. The van der Waals surface area contributed by atoms with Gasteiger partial charge in [-0.25, -0.2) is 9.78 Å². The van der Waals surface area contributed by atoms with Gasteiger partial charge in [-0.1, -0.05) is 12.1 Å². The first kappa shape index (κ1) is 24.6. The number of carboxylic acids is 1. The number of carbonyl (C=O) groups is 2. The molecule has 1 saturated carbocycles. The Kier molecular flexibility index (Phi) is 6.74. The molecule has 0 spiro atoms. The standard InChI is InChI=1S/C28H30N4O5/c1-17-3-12-22-23(31(17)28(35)36-2)13-14-24-26(22)30-25(15-18-4-10-21(11-5-18)37-16-29)32(24)20-8-6-19(7-9-20)27(33)34/h4-5,10-11,13-14,17,19-20H,3,6-9,12,15H2,1-2H3,(H,33,34)/t17-,19-,20-/m0/s1. The van der Waals surface area contributed by atoms with E-state index in [9.17, 15) is 14.7 Å². The fraction of sp³-hybridized carbons (Fsp3) is 0.429. The molecule has 9 nitrogen and oxygen atoms in total. The van der Waals surface area contributed by atoms with Crippen LogP contribution in [0.2, 0.25) is 0 Å². The Morgan fingerprint density at radius 1 is 1.11 bits per heavy atom. The Hall–Kier alpha value is -4.06. The first-order valence-corrected chi connectivity index (χ1v) is 12.7. The van der Waals surface area contributed by atoms with Gasteiger partial charge in [-0.3, -0.25) is 9.69 Å². The maximum absolute atomic E-state index is 12.6. The minimum absolute atomic E-state index is 0.0272. The van der Waals surface area contributed by atoms with Crippen LogP contribution >= 0.6 is 0 Å². The molecule has 0 bridgehead atoms. The molecule has 1 aliphatic carbocycles. The number of carboxylic acid groups (broad SMARTS) is 1. The van der Waals surface area contributed by atoms with E-state index in [2.05, 4.69) is 4.57 Å². The second kappa shape index (κ2) is 10.1. The van der Waals surface area contributed by atoms with Crippen LogP contribution in [0.25, 0.3) is 11.0 Å². The average Bonchev–Trinajstić information content (AvgIpc) is 3.27. The van der Waals surface area contributed by atoms with Crippen LogP contribution in [0, 0.1) is 17.4 Å². The van der Waals surface area contributed by atoms with E-state index in [1.165, 1.54) is 7.11 Å². The lowest BCUT2D eigenvalue weighted by Crippen LogP contribution is -2.42. The summed E-state index contributed by atoms with van der Waals surface area (Å²) in [5, 5.41) is 18.3. The number of ether oxygens (including phenoxy) is 2. The molecule has 1 atom stereocenters. The van der Waals surface area contributed by atoms with Crippen molar-refractivity contribution in [1.82, 2.24) is 9.55 Å². The number of hydrogen-bond donors (Lipinski definition) is 1. The summed E-state index contributed by atoms with van der Waals surface area (Å²) >= 11 is 0. The number of carbonyl (C=O) groups excluding carboxylic acids is 1. The van der Waals surface area contributed by atoms with E-state index < -0.39 is 5.97 Å². The van der Waals surface area contributed by atoms with Gasteiger partial charge in [-0.2, -0.15) is 0 Å². The number of nitriles is 1. The molecule has 2 heterocycles. The van der Waals surface area contributed by atoms with Crippen molar-refractivity contribution >= 4 is 28.8 Å². The summed E-state index contributed by atoms with van der Waals surface area (Å²) in [5.41, 5.74) is 4.80. The lowest BCUT2D eigenvalue weighted by Gasteiger charge is -2.34. The number of aromatic nitrogens is 2. The number of fused-ring (bicyclic) bond motifs is 3. The smallest absolute Gasteiger partial charge is 0.414 e. The van der Waals surface area contributed by atoms with Crippen molar-refractivity contribution in [3.63, 3.8) is 0 Å². The molecular weight excluding hydrogens is 472 g/mol. The first-order valence-electron chi connectivity index (χ1n) is 12.7. The number of methoxy groups -OCH3 is 1. The Morgan fingerprint density at radius 2 is 1.84 bits per heavy atom. The topological polar surface area (TPSA) is 118 Å². The zero-order chi connectivity index (χ0) is 26.1. The number of nitrogens with zero attached hydrogens (tertiary/aromatic N) is 4. The maximum Gasteiger partial charge on any atom is 0.414 e. The largest absolute Gasteiger partial charge is 0.481 e. The van der Waals surface area contributed by atoms with Gasteiger partial charge in [-0.15, -0.1) is 5.26 Å². The lowest BCUT2D eigenvalue weighted by atomic mass is 9.85. The fourth-order valence-electron chi connectivity index (χ4n) is 5.85. The van der Waals surface area contributed by atoms with Crippen molar-refractivity contribution in [2.24, 2.45) is 5.92 Å². The quantitative estimate of drug-likeness (QED) is 0.476. The van der Waals surface area contributed by atoms with Gasteiger partial charge in [0, 0.05) is 24.1 Å². The van der Waals surface area contributed by atoms with Gasteiger partial charge >= 0.3 is 12.1 Å². The van der Waals surface area contributed by atoms with Crippen molar-refractivity contribution in [2.75, 3.05) is 12.0 Å². The first-order chi connectivity index (χ1) is 17.9. The normalized spacial score (nSPS) is 21.2. The fourth-order valence-corrected chi connectivity index (χ4v) is 5.85. The summed E-state index contributed by atoms with van der Waals surface area (Å²) in [6, 6.07) is 11.6. The van der Waals surface area contributed by atoms with Crippen molar-refractivity contribution in [1.29, 1.82) is 5.26 Å². The van der Waals surface area contributed by atoms with E-state index in [4.69, 9.17) is 19.7 Å². The summed E-state index contributed by atoms with van der Waals surface area (Å²) < 4.78 is 12.3. The molecule has 1 fully saturated rings. The molecule has 9 heteroatoms. The van der Waals surface area contributed by atoms with E-state index in [-0.39, 0.29) is 24.1 Å². The third-order valence-electron chi connectivity index (χ3n) is 7.76. The van der Waals surface area contributed by atoms with Crippen LogP contribution < -0.4 is 9.64 Å². The third-order valence-corrected chi connectivity index (χ3v) is 7.76. The Labute approximate surface area is 215 Å². The van der Waals surface area contributed by atoms with Crippen molar-refractivity contribution in [2.45, 2.75) is 64.0 Å². The van der Waals surface area contributed by atoms with Crippen molar-refractivity contribution in [3.8, 4) is 12.0 Å². The summed E-state index contributed by atoms with van der Waals surface area (Å²) in [6.07, 6.45) is 6.32. The predicted molar refractivity (Wildman–Crippen MR) is 137 cm³/mol. The molecule has 2 aliphatic rings. The maximum atomic E-state index is 12.6. The van der Waals surface area contributed by atoms with E-state index in [0.717, 1.165) is 59.4 Å². The second-order valence-corrected chi connectivity index (χ2v) is 9.91. The summed E-state index contributed by atoms with van der Waals surface area (Å²) in [5.74, 6) is 0.363. The highest BCUT2D eigenvalue weighted by molar-refractivity contribution is 5.95. The third kappa shape index (κ3) is 4.59. The molecule has 3 aromatic rings. The van der Waals surface area contributed by atoms with Crippen LogP contribution in [-0.2, 0) is 22.4 Å². The molecule has 0 radical (unpaired) electrons. The monoisotopic (exact) mass is 502 g/mol. The van der Waals surface area contributed by atoms with Crippen molar-refractivity contribution < 1.29 is 24.2 Å². The number of hydrogen-bond acceptors (Lipinski definition) is 6. The van der Waals surface area contributed by atoms with Gasteiger partial charge in [0.2, 0.25) is 0 Å². The zero-order valence-corrected chi connectivity index (χ0v) is 21.0. The zero-order valence-electron chi connectivity index (χ0n) is 21.0. The average molecular weight is 503 g/mol. The molecule has 1 N–H and O–H groups in total. The molecule has 1 amide bonds. The number of aliphatic carboxylic acids is 1. The molecule has 5 rings (SSSR count). The SMILES string of the molecule is COC(=O)N1c2ccc3c(nc(Cc4ccc(OC#N)cc4)n3[C@H]3CC[C@H](C(=O)O)CC3)c2CC[C@@H]1C. The number of imidazole rings is 1. The van der Waals surface area contributed by atoms with E-state index in [1.807, 2.05) is 31.2 Å². The number of rotatable bonds is 5. The van der Waals surface area contributed by atoms with Crippen LogP contribution in [0.15, 0.2) is 36.4 Å². The van der Waals surface area contributed by atoms with Crippen LogP contribution in [-0.4, -0.2) is 39.9 Å². The van der Waals surface area contributed by atoms with Crippen LogP contribution in [0.4, 0.5) is 10.5 Å². The second-order valence-electron chi connectivity index (χ2n) is 9.91. The summed E-state index contributed by atoms with van der Waals surface area (Å²) in [6.45, 7) is 2.02. The summed E-state index contributed by atoms with van der Waals surface area (Å²) in [4.78, 5) is 31.0. The van der Waals surface area contributed by atoms with Gasteiger partial charge in [0.25, 0.3) is 6.26 Å². The molecule has 2 aromatic carbocycles. The van der Waals surface area contributed by atoms with E-state index in [1.54, 1.807) is 23.3 Å². The van der Waals surface area contributed by atoms with E-state index >= 15 is 0 Å². The van der Waals surface area contributed by atoms with Gasteiger partial charge in [-0.05, 0) is 75.3 Å².